The van der Waals surface area contributed by atoms with E-state index in [2.05, 4.69) is 4.98 Å². The standard InChI is InChI=1S/C13H19ClN2O4S/c1-13(17)4-2-9(3-5-13)8-20-12-11(14)6-10(7-16-12)21(15,18)19/h6-7,9,17H,2-5,8H2,1H3,(H2,15,18,19)/t9-,13-. The molecule has 1 aromatic rings. The highest BCUT2D eigenvalue weighted by atomic mass is 35.5. The van der Waals surface area contributed by atoms with Crippen LogP contribution in [0.15, 0.2) is 17.2 Å². The number of sulfonamides is 1. The summed E-state index contributed by atoms with van der Waals surface area (Å²) < 4.78 is 27.9. The molecule has 1 fully saturated rings. The number of aromatic nitrogens is 1. The molecule has 1 aliphatic rings. The molecule has 3 N–H and O–H groups in total. The zero-order chi connectivity index (χ0) is 15.7. The van der Waals surface area contributed by atoms with E-state index in [0.717, 1.165) is 31.9 Å². The van der Waals surface area contributed by atoms with Crippen LogP contribution in [-0.2, 0) is 10.0 Å². The number of ether oxygens (including phenoxy) is 1. The normalized spacial score (nSPS) is 26.6. The molecule has 0 amide bonds. The van der Waals surface area contributed by atoms with E-state index in [1.165, 1.54) is 6.07 Å². The molecule has 0 aromatic carbocycles. The van der Waals surface area contributed by atoms with Gasteiger partial charge in [-0.15, -0.1) is 0 Å². The van der Waals surface area contributed by atoms with Crippen molar-refractivity contribution in [3.63, 3.8) is 0 Å². The number of nitrogens with two attached hydrogens (primary N) is 1. The molecule has 0 aliphatic heterocycles. The molecular formula is C13H19ClN2O4S. The second kappa shape index (κ2) is 6.08. The third-order valence-corrected chi connectivity index (χ3v) is 4.90. The van der Waals surface area contributed by atoms with E-state index in [1.54, 1.807) is 0 Å². The average molecular weight is 335 g/mol. The Bertz CT molecular complexity index is 609. The molecule has 118 valence electrons. The molecule has 8 heteroatoms. The predicted octanol–water partition coefficient (Wildman–Crippen LogP) is 1.70. The Morgan fingerprint density at radius 2 is 2.14 bits per heavy atom. The molecule has 21 heavy (non-hydrogen) atoms. The summed E-state index contributed by atoms with van der Waals surface area (Å²) in [5.74, 6) is 0.530. The van der Waals surface area contributed by atoms with Crippen LogP contribution in [0.4, 0.5) is 0 Å². The molecule has 0 bridgehead atoms. The van der Waals surface area contributed by atoms with Crippen molar-refractivity contribution in [1.29, 1.82) is 0 Å². The van der Waals surface area contributed by atoms with Gasteiger partial charge < -0.3 is 9.84 Å². The Hall–Kier alpha value is -0.890. The van der Waals surface area contributed by atoms with Crippen molar-refractivity contribution in [1.82, 2.24) is 4.98 Å². The second-order valence-electron chi connectivity index (χ2n) is 5.75. The summed E-state index contributed by atoms with van der Waals surface area (Å²) in [5, 5.41) is 15.0. The molecule has 2 rings (SSSR count). The maximum atomic E-state index is 11.2. The van der Waals surface area contributed by atoms with E-state index in [0.29, 0.717) is 12.5 Å². The van der Waals surface area contributed by atoms with Crippen LogP contribution in [-0.4, -0.2) is 30.7 Å². The van der Waals surface area contributed by atoms with Crippen LogP contribution in [0.3, 0.4) is 0 Å². The summed E-state index contributed by atoms with van der Waals surface area (Å²) in [6.45, 7) is 2.28. The molecule has 0 saturated heterocycles. The number of nitrogens with zero attached hydrogens (tertiary/aromatic N) is 1. The lowest BCUT2D eigenvalue weighted by atomic mass is 9.80. The summed E-state index contributed by atoms with van der Waals surface area (Å²) in [6, 6.07) is 1.23. The molecule has 1 saturated carbocycles. The van der Waals surface area contributed by atoms with Crippen LogP contribution >= 0.6 is 11.6 Å². The van der Waals surface area contributed by atoms with Gasteiger partial charge in [0.05, 0.1) is 18.4 Å². The summed E-state index contributed by atoms with van der Waals surface area (Å²) >= 11 is 5.95. The fourth-order valence-electron chi connectivity index (χ4n) is 2.33. The van der Waals surface area contributed by atoms with Gasteiger partial charge >= 0.3 is 0 Å². The molecule has 1 aromatic heterocycles. The lowest BCUT2D eigenvalue weighted by molar-refractivity contribution is 0.00128. The van der Waals surface area contributed by atoms with Gasteiger partial charge in [-0.1, -0.05) is 11.6 Å². The van der Waals surface area contributed by atoms with Crippen molar-refractivity contribution in [3.05, 3.63) is 17.3 Å². The summed E-state index contributed by atoms with van der Waals surface area (Å²) in [7, 11) is -3.82. The van der Waals surface area contributed by atoms with Gasteiger partial charge in [0.15, 0.2) is 0 Å². The Labute approximate surface area is 129 Å². The summed E-state index contributed by atoms with van der Waals surface area (Å²) in [6.07, 6.45) is 4.36. The van der Waals surface area contributed by atoms with Gasteiger partial charge in [-0.05, 0) is 44.6 Å². The highest BCUT2D eigenvalue weighted by Gasteiger charge is 2.29. The van der Waals surface area contributed by atoms with E-state index in [1.807, 2.05) is 6.92 Å². The van der Waals surface area contributed by atoms with Crippen LogP contribution < -0.4 is 9.88 Å². The maximum absolute atomic E-state index is 11.2. The zero-order valence-corrected chi connectivity index (χ0v) is 13.3. The van der Waals surface area contributed by atoms with Crippen LogP contribution in [0.25, 0.3) is 0 Å². The minimum absolute atomic E-state index is 0.115. The quantitative estimate of drug-likeness (QED) is 0.872. The third-order valence-electron chi connectivity index (χ3n) is 3.75. The molecule has 0 atom stereocenters. The van der Waals surface area contributed by atoms with Crippen LogP contribution in [0, 0.1) is 5.92 Å². The Balaban J connectivity index is 1.95. The number of primary sulfonamides is 1. The first-order chi connectivity index (χ1) is 9.67. The fraction of sp³-hybridized carbons (Fsp3) is 0.615. The van der Waals surface area contributed by atoms with Gasteiger partial charge in [-0.25, -0.2) is 18.5 Å². The third kappa shape index (κ3) is 4.54. The molecule has 0 spiro atoms. The first-order valence-electron chi connectivity index (χ1n) is 6.71. The summed E-state index contributed by atoms with van der Waals surface area (Å²) in [4.78, 5) is 3.75. The number of pyridine rings is 1. The number of hydrogen-bond acceptors (Lipinski definition) is 5. The van der Waals surface area contributed by atoms with Gasteiger partial charge in [0, 0.05) is 0 Å². The number of hydrogen-bond donors (Lipinski definition) is 2. The van der Waals surface area contributed by atoms with Gasteiger partial charge in [0.2, 0.25) is 15.9 Å². The predicted molar refractivity (Wildman–Crippen MR) is 78.7 cm³/mol. The van der Waals surface area contributed by atoms with Crippen molar-refractivity contribution in [2.24, 2.45) is 11.1 Å². The molecule has 0 radical (unpaired) electrons. The highest BCUT2D eigenvalue weighted by Crippen LogP contribution is 2.32. The van der Waals surface area contributed by atoms with Gasteiger partial charge in [0.25, 0.3) is 0 Å². The molecular weight excluding hydrogens is 316 g/mol. The van der Waals surface area contributed by atoms with E-state index >= 15 is 0 Å². The van der Waals surface area contributed by atoms with Crippen LogP contribution in [0.2, 0.25) is 5.02 Å². The molecule has 1 aliphatic carbocycles. The zero-order valence-electron chi connectivity index (χ0n) is 11.8. The minimum atomic E-state index is -3.82. The van der Waals surface area contributed by atoms with Crippen molar-refractivity contribution in [2.45, 2.75) is 43.1 Å². The molecule has 6 nitrogen and oxygen atoms in total. The number of aliphatic hydroxyl groups is 1. The van der Waals surface area contributed by atoms with Crippen molar-refractivity contribution in [2.75, 3.05) is 6.61 Å². The van der Waals surface area contributed by atoms with Crippen molar-refractivity contribution < 1.29 is 18.3 Å². The Morgan fingerprint density at radius 1 is 1.52 bits per heavy atom. The SMILES string of the molecule is C[C@]1(O)CC[C@H](COc2ncc(S(N)(=O)=O)cc2Cl)CC1. The lowest BCUT2D eigenvalue weighted by Crippen LogP contribution is -2.32. The van der Waals surface area contributed by atoms with Gasteiger partial charge in [-0.3, -0.25) is 0 Å². The minimum Gasteiger partial charge on any atom is -0.476 e. The first kappa shape index (κ1) is 16.5. The summed E-state index contributed by atoms with van der Waals surface area (Å²) in [5.41, 5.74) is -0.580. The monoisotopic (exact) mass is 334 g/mol. The number of halogens is 1. The van der Waals surface area contributed by atoms with Crippen LogP contribution in [0.5, 0.6) is 5.88 Å². The van der Waals surface area contributed by atoms with Crippen molar-refractivity contribution >= 4 is 21.6 Å². The molecule has 0 unspecified atom stereocenters. The average Bonchev–Trinajstić information content (AvgIpc) is 2.37. The van der Waals surface area contributed by atoms with E-state index in [4.69, 9.17) is 21.5 Å². The van der Waals surface area contributed by atoms with Gasteiger partial charge in [0.1, 0.15) is 9.92 Å². The topological polar surface area (TPSA) is 103 Å². The Morgan fingerprint density at radius 3 is 2.67 bits per heavy atom. The maximum Gasteiger partial charge on any atom is 0.239 e. The van der Waals surface area contributed by atoms with E-state index in [9.17, 15) is 13.5 Å². The highest BCUT2D eigenvalue weighted by molar-refractivity contribution is 7.89. The van der Waals surface area contributed by atoms with E-state index < -0.39 is 15.6 Å². The second-order valence-corrected chi connectivity index (χ2v) is 7.72. The largest absolute Gasteiger partial charge is 0.476 e. The Kier molecular flexibility index (Phi) is 4.77. The smallest absolute Gasteiger partial charge is 0.239 e. The lowest BCUT2D eigenvalue weighted by Gasteiger charge is -2.32. The van der Waals surface area contributed by atoms with Gasteiger partial charge in [-0.2, -0.15) is 0 Å². The molecule has 1 heterocycles. The fourth-order valence-corrected chi connectivity index (χ4v) is 3.10. The van der Waals surface area contributed by atoms with E-state index in [-0.39, 0.29) is 15.8 Å². The first-order valence-corrected chi connectivity index (χ1v) is 8.63. The van der Waals surface area contributed by atoms with Crippen molar-refractivity contribution in [3.8, 4) is 5.88 Å². The van der Waals surface area contributed by atoms with Crippen LogP contribution in [0.1, 0.15) is 32.6 Å². The number of rotatable bonds is 4.